The molecule has 2 aromatic carbocycles. The van der Waals surface area contributed by atoms with Crippen molar-refractivity contribution in [2.75, 3.05) is 13.6 Å². The Morgan fingerprint density at radius 3 is 2.61 bits per heavy atom. The molecule has 6 heteroatoms. The summed E-state index contributed by atoms with van der Waals surface area (Å²) in [6.45, 7) is 0.472. The summed E-state index contributed by atoms with van der Waals surface area (Å²) in [5, 5.41) is 2.94. The summed E-state index contributed by atoms with van der Waals surface area (Å²) in [4.78, 5) is 26.5. The first-order chi connectivity index (χ1) is 13.5. The summed E-state index contributed by atoms with van der Waals surface area (Å²) in [5.41, 5.74) is 1.64. The zero-order valence-electron chi connectivity index (χ0n) is 15.8. The van der Waals surface area contributed by atoms with Gasteiger partial charge in [0.2, 0.25) is 11.8 Å². The lowest BCUT2D eigenvalue weighted by Crippen LogP contribution is -2.46. The van der Waals surface area contributed by atoms with Gasteiger partial charge in [0.15, 0.2) is 0 Å². The van der Waals surface area contributed by atoms with E-state index in [0.717, 1.165) is 11.1 Å². The molecule has 0 bridgehead atoms. The highest BCUT2D eigenvalue weighted by molar-refractivity contribution is 5.84. The molecule has 0 aliphatic carbocycles. The summed E-state index contributed by atoms with van der Waals surface area (Å²) in [6.07, 6.45) is 2.14. The first-order valence-corrected chi connectivity index (χ1v) is 9.49. The number of benzene rings is 2. The second-order valence-electron chi connectivity index (χ2n) is 7.17. The van der Waals surface area contributed by atoms with E-state index in [0.29, 0.717) is 32.2 Å². The highest BCUT2D eigenvalue weighted by Gasteiger charge is 2.38. The summed E-state index contributed by atoms with van der Waals surface area (Å²) < 4.78 is 26.5. The normalized spacial score (nSPS) is 19.5. The zero-order chi connectivity index (χ0) is 20.1. The van der Waals surface area contributed by atoms with E-state index in [-0.39, 0.29) is 29.4 Å². The maximum absolute atomic E-state index is 13.3. The van der Waals surface area contributed by atoms with Crippen LogP contribution in [0.2, 0.25) is 0 Å². The number of piperidine rings is 1. The number of nitrogens with one attached hydrogen (secondary N) is 1. The predicted molar refractivity (Wildman–Crippen MR) is 102 cm³/mol. The van der Waals surface area contributed by atoms with Crippen LogP contribution in [-0.2, 0) is 16.0 Å². The van der Waals surface area contributed by atoms with Crippen molar-refractivity contribution in [1.29, 1.82) is 0 Å². The van der Waals surface area contributed by atoms with Crippen LogP contribution in [0.1, 0.15) is 36.4 Å². The van der Waals surface area contributed by atoms with Crippen LogP contribution in [-0.4, -0.2) is 30.3 Å². The number of nitrogens with zero attached hydrogens (tertiary/aromatic N) is 1. The third-order valence-electron chi connectivity index (χ3n) is 5.24. The minimum absolute atomic E-state index is 0.0236. The van der Waals surface area contributed by atoms with Crippen molar-refractivity contribution >= 4 is 11.8 Å². The van der Waals surface area contributed by atoms with Gasteiger partial charge >= 0.3 is 0 Å². The quantitative estimate of drug-likeness (QED) is 0.771. The largest absolute Gasteiger partial charge is 0.356 e. The van der Waals surface area contributed by atoms with Gasteiger partial charge < -0.3 is 10.2 Å². The molecule has 0 spiro atoms. The Kier molecular flexibility index (Phi) is 6.39. The van der Waals surface area contributed by atoms with Gasteiger partial charge in [-0.15, -0.1) is 0 Å². The predicted octanol–water partition coefficient (Wildman–Crippen LogP) is 3.62. The molecule has 1 N–H and O–H groups in total. The fourth-order valence-electron chi connectivity index (χ4n) is 3.76. The second kappa shape index (κ2) is 8.95. The van der Waals surface area contributed by atoms with Crippen molar-refractivity contribution < 1.29 is 18.4 Å². The van der Waals surface area contributed by atoms with Crippen LogP contribution in [0.5, 0.6) is 0 Å². The third kappa shape index (κ3) is 4.74. The molecule has 1 aliphatic heterocycles. The summed E-state index contributed by atoms with van der Waals surface area (Å²) in [7, 11) is 1.68. The molecule has 1 fully saturated rings. The Balaban J connectivity index is 1.61. The van der Waals surface area contributed by atoms with E-state index in [2.05, 4.69) is 5.32 Å². The fourth-order valence-corrected chi connectivity index (χ4v) is 3.76. The van der Waals surface area contributed by atoms with Crippen molar-refractivity contribution in [1.82, 2.24) is 10.2 Å². The maximum atomic E-state index is 13.3. The number of hydrogen-bond donors (Lipinski definition) is 1. The Morgan fingerprint density at radius 1 is 1.14 bits per heavy atom. The van der Waals surface area contributed by atoms with Crippen LogP contribution < -0.4 is 5.32 Å². The summed E-state index contributed by atoms with van der Waals surface area (Å²) in [5.74, 6) is -1.15. The molecule has 0 saturated carbocycles. The number of hydrogen-bond acceptors (Lipinski definition) is 2. The highest BCUT2D eigenvalue weighted by atomic mass is 19.1. The maximum Gasteiger partial charge on any atom is 0.225 e. The van der Waals surface area contributed by atoms with Gasteiger partial charge in [-0.05, 0) is 54.7 Å². The van der Waals surface area contributed by atoms with E-state index < -0.39 is 6.04 Å². The first-order valence-electron chi connectivity index (χ1n) is 9.49. The fraction of sp³-hybridized carbons (Fsp3) is 0.364. The Hall–Kier alpha value is -2.76. The monoisotopic (exact) mass is 386 g/mol. The molecule has 0 radical (unpaired) electrons. The van der Waals surface area contributed by atoms with Crippen LogP contribution in [0.3, 0.4) is 0 Å². The number of likely N-dealkylation sites (tertiary alicyclic amines) is 1. The molecule has 148 valence electrons. The summed E-state index contributed by atoms with van der Waals surface area (Å²) >= 11 is 0. The molecule has 28 heavy (non-hydrogen) atoms. The van der Waals surface area contributed by atoms with E-state index in [1.807, 2.05) is 6.07 Å². The number of aryl methyl sites for hydroxylation is 1. The first kappa shape index (κ1) is 20.0. The lowest BCUT2D eigenvalue weighted by Gasteiger charge is -2.38. The molecule has 4 nitrogen and oxygen atoms in total. The van der Waals surface area contributed by atoms with Crippen LogP contribution in [0.4, 0.5) is 8.78 Å². The van der Waals surface area contributed by atoms with Crippen LogP contribution in [0, 0.1) is 17.6 Å². The van der Waals surface area contributed by atoms with E-state index in [1.54, 1.807) is 30.1 Å². The van der Waals surface area contributed by atoms with Gasteiger partial charge in [0.1, 0.15) is 11.6 Å². The van der Waals surface area contributed by atoms with E-state index in [1.165, 1.54) is 24.3 Å². The molecule has 2 atom stereocenters. The number of carbonyl (C=O) groups is 2. The van der Waals surface area contributed by atoms with Gasteiger partial charge in [0.25, 0.3) is 0 Å². The minimum atomic E-state index is -0.412. The van der Waals surface area contributed by atoms with Crippen LogP contribution in [0.25, 0.3) is 0 Å². The average Bonchev–Trinajstić information content (AvgIpc) is 2.68. The van der Waals surface area contributed by atoms with Crippen molar-refractivity contribution in [2.45, 2.75) is 31.7 Å². The van der Waals surface area contributed by atoms with Gasteiger partial charge in [-0.25, -0.2) is 8.78 Å². The Labute approximate surface area is 163 Å². The zero-order valence-corrected chi connectivity index (χ0v) is 15.8. The van der Waals surface area contributed by atoms with E-state index in [9.17, 15) is 18.4 Å². The van der Waals surface area contributed by atoms with E-state index >= 15 is 0 Å². The van der Waals surface area contributed by atoms with Crippen LogP contribution >= 0.6 is 0 Å². The van der Waals surface area contributed by atoms with Crippen molar-refractivity contribution in [3.63, 3.8) is 0 Å². The molecule has 0 aromatic heterocycles. The van der Waals surface area contributed by atoms with Crippen molar-refractivity contribution in [2.24, 2.45) is 5.92 Å². The standard InChI is InChI=1S/C22H24F2N2O2/c1-26-20(27)12-11-19(21(26)16-7-9-17(23)10-8-16)22(28)25-13-3-5-15-4-2-6-18(24)14-15/h2,4,6-10,14,19,21H,3,5,11-13H2,1H3,(H,25,28). The lowest BCUT2D eigenvalue weighted by molar-refractivity contribution is -0.141. The molecule has 1 aliphatic rings. The van der Waals surface area contributed by atoms with Crippen LogP contribution in [0.15, 0.2) is 48.5 Å². The smallest absolute Gasteiger partial charge is 0.225 e. The Bertz CT molecular complexity index is 839. The molecule has 1 saturated heterocycles. The van der Waals surface area contributed by atoms with Gasteiger partial charge in [0, 0.05) is 20.0 Å². The Morgan fingerprint density at radius 2 is 1.89 bits per heavy atom. The topological polar surface area (TPSA) is 49.4 Å². The van der Waals surface area contributed by atoms with Gasteiger partial charge in [-0.2, -0.15) is 0 Å². The van der Waals surface area contributed by atoms with E-state index in [4.69, 9.17) is 0 Å². The van der Waals surface area contributed by atoms with Crippen molar-refractivity contribution in [3.8, 4) is 0 Å². The molecule has 2 aromatic rings. The SMILES string of the molecule is CN1C(=O)CCC(C(=O)NCCCc2cccc(F)c2)C1c1ccc(F)cc1. The lowest BCUT2D eigenvalue weighted by atomic mass is 9.84. The average molecular weight is 386 g/mol. The van der Waals surface area contributed by atoms with Gasteiger partial charge in [0.05, 0.1) is 12.0 Å². The molecule has 2 amide bonds. The number of carbonyl (C=O) groups excluding carboxylic acids is 2. The third-order valence-corrected chi connectivity index (χ3v) is 5.24. The van der Waals surface area contributed by atoms with Gasteiger partial charge in [-0.1, -0.05) is 24.3 Å². The van der Waals surface area contributed by atoms with Gasteiger partial charge in [-0.3, -0.25) is 9.59 Å². The number of rotatable bonds is 6. The molecular formula is C22H24F2N2O2. The second-order valence-corrected chi connectivity index (χ2v) is 7.17. The number of amides is 2. The van der Waals surface area contributed by atoms with Crippen molar-refractivity contribution in [3.05, 3.63) is 71.3 Å². The molecule has 1 heterocycles. The molecule has 2 unspecified atom stereocenters. The minimum Gasteiger partial charge on any atom is -0.356 e. The highest BCUT2D eigenvalue weighted by Crippen LogP contribution is 2.35. The molecule has 3 rings (SSSR count). The molecular weight excluding hydrogens is 362 g/mol. The summed E-state index contributed by atoms with van der Waals surface area (Å²) in [6, 6.07) is 12.0. The number of halogens is 2.